The zero-order valence-electron chi connectivity index (χ0n) is 10.2. The van der Waals surface area contributed by atoms with Gasteiger partial charge in [0.15, 0.2) is 0 Å². The van der Waals surface area contributed by atoms with E-state index in [2.05, 4.69) is 0 Å². The number of ether oxygens (including phenoxy) is 1. The third-order valence-corrected chi connectivity index (χ3v) is 5.52. The SMILES string of the molecule is O=C(CC1CC2CCC1C2)OCc1ccc(Cl)s1. The van der Waals surface area contributed by atoms with Crippen LogP contribution in [0.25, 0.3) is 0 Å². The first-order valence-corrected chi connectivity index (χ1v) is 7.80. The fourth-order valence-corrected chi connectivity index (χ4v) is 4.48. The average molecular weight is 285 g/mol. The quantitative estimate of drug-likeness (QED) is 0.772. The summed E-state index contributed by atoms with van der Waals surface area (Å²) in [5.41, 5.74) is 0. The van der Waals surface area contributed by atoms with Crippen LogP contribution in [0.2, 0.25) is 4.34 Å². The number of hydrogen-bond acceptors (Lipinski definition) is 3. The van der Waals surface area contributed by atoms with E-state index in [1.54, 1.807) is 0 Å². The molecule has 2 fully saturated rings. The molecule has 0 radical (unpaired) electrons. The maximum atomic E-state index is 11.8. The minimum absolute atomic E-state index is 0.0444. The molecule has 18 heavy (non-hydrogen) atoms. The average Bonchev–Trinajstić information content (AvgIpc) is 3.03. The zero-order valence-corrected chi connectivity index (χ0v) is 11.8. The Morgan fingerprint density at radius 2 is 2.28 bits per heavy atom. The first kappa shape index (κ1) is 12.5. The van der Waals surface area contributed by atoms with Crippen LogP contribution >= 0.6 is 22.9 Å². The van der Waals surface area contributed by atoms with Gasteiger partial charge in [0.05, 0.1) is 4.34 Å². The Morgan fingerprint density at radius 1 is 1.39 bits per heavy atom. The van der Waals surface area contributed by atoms with Gasteiger partial charge in [0.2, 0.25) is 0 Å². The maximum absolute atomic E-state index is 11.8. The highest BCUT2D eigenvalue weighted by atomic mass is 35.5. The standard InChI is InChI=1S/C14H17ClO2S/c15-13-4-3-12(18-13)8-17-14(16)7-11-6-9-1-2-10(11)5-9/h3-4,9-11H,1-2,5-8H2. The molecule has 2 nitrogen and oxygen atoms in total. The van der Waals surface area contributed by atoms with Crippen molar-refractivity contribution in [3.8, 4) is 0 Å². The van der Waals surface area contributed by atoms with Crippen molar-refractivity contribution in [1.82, 2.24) is 0 Å². The highest BCUT2D eigenvalue weighted by Gasteiger charge is 2.40. The second kappa shape index (κ2) is 5.22. The van der Waals surface area contributed by atoms with Crippen LogP contribution in [-0.4, -0.2) is 5.97 Å². The van der Waals surface area contributed by atoms with E-state index in [-0.39, 0.29) is 5.97 Å². The summed E-state index contributed by atoms with van der Waals surface area (Å²) in [4.78, 5) is 12.8. The van der Waals surface area contributed by atoms with E-state index >= 15 is 0 Å². The Hall–Kier alpha value is -0.540. The van der Waals surface area contributed by atoms with Crippen LogP contribution < -0.4 is 0 Å². The summed E-state index contributed by atoms with van der Waals surface area (Å²) in [5, 5.41) is 0. The van der Waals surface area contributed by atoms with Crippen molar-refractivity contribution in [3.05, 3.63) is 21.3 Å². The van der Waals surface area contributed by atoms with E-state index in [0.717, 1.165) is 21.0 Å². The van der Waals surface area contributed by atoms with Crippen LogP contribution in [0.1, 0.15) is 37.0 Å². The predicted molar refractivity (Wildman–Crippen MR) is 72.7 cm³/mol. The van der Waals surface area contributed by atoms with Crippen molar-refractivity contribution in [1.29, 1.82) is 0 Å². The summed E-state index contributed by atoms with van der Waals surface area (Å²) in [6, 6.07) is 3.75. The number of thiophene rings is 1. The lowest BCUT2D eigenvalue weighted by atomic mass is 9.86. The Morgan fingerprint density at radius 3 is 2.89 bits per heavy atom. The van der Waals surface area contributed by atoms with Gasteiger partial charge in [-0.1, -0.05) is 18.0 Å². The summed E-state index contributed by atoms with van der Waals surface area (Å²) >= 11 is 7.31. The molecular weight excluding hydrogens is 268 g/mol. The first-order valence-electron chi connectivity index (χ1n) is 6.60. The van der Waals surface area contributed by atoms with Gasteiger partial charge in [-0.05, 0) is 49.1 Å². The van der Waals surface area contributed by atoms with Crippen LogP contribution in [0.4, 0.5) is 0 Å². The van der Waals surface area contributed by atoms with Gasteiger partial charge >= 0.3 is 5.97 Å². The van der Waals surface area contributed by atoms with Gasteiger partial charge in [-0.25, -0.2) is 0 Å². The lowest BCUT2D eigenvalue weighted by molar-refractivity contribution is -0.146. The third-order valence-electron chi connectivity index (χ3n) is 4.32. The molecule has 98 valence electrons. The number of rotatable bonds is 4. The Balaban J connectivity index is 1.45. The van der Waals surface area contributed by atoms with Crippen molar-refractivity contribution >= 4 is 28.9 Å². The number of fused-ring (bicyclic) bond motifs is 2. The molecule has 1 aromatic rings. The molecule has 0 amide bonds. The van der Waals surface area contributed by atoms with Crippen molar-refractivity contribution in [3.63, 3.8) is 0 Å². The second-order valence-electron chi connectivity index (χ2n) is 5.51. The lowest BCUT2D eigenvalue weighted by Crippen LogP contribution is -2.16. The van der Waals surface area contributed by atoms with E-state index in [1.165, 1.54) is 37.0 Å². The molecule has 2 aliphatic rings. The lowest BCUT2D eigenvalue weighted by Gasteiger charge is -2.20. The normalized spacial score (nSPS) is 29.7. The van der Waals surface area contributed by atoms with Crippen molar-refractivity contribution < 1.29 is 9.53 Å². The zero-order chi connectivity index (χ0) is 12.5. The third kappa shape index (κ3) is 2.72. The highest BCUT2D eigenvalue weighted by Crippen LogP contribution is 2.49. The van der Waals surface area contributed by atoms with Crippen molar-refractivity contribution in [2.45, 2.75) is 38.7 Å². The van der Waals surface area contributed by atoms with Crippen LogP contribution in [-0.2, 0) is 16.1 Å². The van der Waals surface area contributed by atoms with Crippen molar-refractivity contribution in [2.75, 3.05) is 0 Å². The number of hydrogen-bond donors (Lipinski definition) is 0. The molecular formula is C14H17ClO2S. The molecule has 2 saturated carbocycles. The largest absolute Gasteiger partial charge is 0.460 e. The molecule has 2 bridgehead atoms. The number of carbonyl (C=O) groups excluding carboxylic acids is 1. The summed E-state index contributed by atoms with van der Waals surface area (Å²) in [5.74, 6) is 2.22. The highest BCUT2D eigenvalue weighted by molar-refractivity contribution is 7.16. The Kier molecular flexibility index (Phi) is 3.62. The van der Waals surface area contributed by atoms with E-state index in [9.17, 15) is 4.79 Å². The fourth-order valence-electron chi connectivity index (χ4n) is 3.48. The molecule has 0 spiro atoms. The van der Waals surface area contributed by atoms with Gasteiger partial charge in [0, 0.05) is 11.3 Å². The topological polar surface area (TPSA) is 26.3 Å². The molecule has 3 rings (SSSR count). The molecule has 1 heterocycles. The summed E-state index contributed by atoms with van der Waals surface area (Å²) in [7, 11) is 0. The summed E-state index contributed by atoms with van der Waals surface area (Å²) < 4.78 is 6.07. The van der Waals surface area contributed by atoms with Gasteiger partial charge in [0.25, 0.3) is 0 Å². The van der Waals surface area contributed by atoms with Gasteiger partial charge in [0.1, 0.15) is 6.61 Å². The Bertz CT molecular complexity index is 443. The second-order valence-corrected chi connectivity index (χ2v) is 7.31. The van der Waals surface area contributed by atoms with E-state index in [0.29, 0.717) is 18.9 Å². The molecule has 0 N–H and O–H groups in total. The van der Waals surface area contributed by atoms with Gasteiger partial charge in [-0.3, -0.25) is 4.79 Å². The predicted octanol–water partition coefficient (Wildman–Crippen LogP) is 4.27. The minimum atomic E-state index is -0.0444. The van der Waals surface area contributed by atoms with Crippen LogP contribution in [0.3, 0.4) is 0 Å². The van der Waals surface area contributed by atoms with Crippen molar-refractivity contribution in [2.24, 2.45) is 17.8 Å². The number of esters is 1. The molecule has 1 aromatic heterocycles. The molecule has 0 aromatic carbocycles. The maximum Gasteiger partial charge on any atom is 0.306 e. The number of carbonyl (C=O) groups is 1. The van der Waals surface area contributed by atoms with Crippen LogP contribution in [0, 0.1) is 17.8 Å². The summed E-state index contributed by atoms with van der Waals surface area (Å²) in [6.07, 6.45) is 5.90. The van der Waals surface area contributed by atoms with E-state index in [1.807, 2.05) is 12.1 Å². The van der Waals surface area contributed by atoms with E-state index < -0.39 is 0 Å². The molecule has 2 aliphatic carbocycles. The Labute approximate surface area is 116 Å². The minimum Gasteiger partial charge on any atom is -0.460 e. The number of halogens is 1. The van der Waals surface area contributed by atoms with Gasteiger partial charge in [-0.15, -0.1) is 11.3 Å². The molecule has 3 atom stereocenters. The smallest absolute Gasteiger partial charge is 0.306 e. The van der Waals surface area contributed by atoms with Gasteiger partial charge in [-0.2, -0.15) is 0 Å². The van der Waals surface area contributed by atoms with Crippen LogP contribution in [0.5, 0.6) is 0 Å². The fraction of sp³-hybridized carbons (Fsp3) is 0.643. The molecule has 0 aliphatic heterocycles. The van der Waals surface area contributed by atoms with Gasteiger partial charge < -0.3 is 4.74 Å². The molecule has 0 saturated heterocycles. The molecule has 3 unspecified atom stereocenters. The monoisotopic (exact) mass is 284 g/mol. The summed E-state index contributed by atoms with van der Waals surface area (Å²) in [6.45, 7) is 0.372. The molecule has 4 heteroatoms. The first-order chi connectivity index (χ1) is 8.70. The van der Waals surface area contributed by atoms with Crippen LogP contribution in [0.15, 0.2) is 12.1 Å². The van der Waals surface area contributed by atoms with E-state index in [4.69, 9.17) is 16.3 Å².